The SMILES string of the molecule is Cc1cccc(CN2CCN(C3(c4ccccc4)Cc4cc(F)ccc4C3=O)CC2)c1. The first-order chi connectivity index (χ1) is 15.1. The molecule has 0 bridgehead atoms. The van der Waals surface area contributed by atoms with E-state index in [9.17, 15) is 9.18 Å². The monoisotopic (exact) mass is 414 g/mol. The van der Waals surface area contributed by atoms with E-state index in [0.717, 1.165) is 43.9 Å². The van der Waals surface area contributed by atoms with Crippen LogP contribution in [-0.2, 0) is 18.5 Å². The van der Waals surface area contributed by atoms with E-state index < -0.39 is 5.54 Å². The minimum atomic E-state index is -0.743. The normalized spacial score (nSPS) is 21.9. The van der Waals surface area contributed by atoms with Crippen molar-refractivity contribution in [1.29, 1.82) is 0 Å². The molecule has 0 spiro atoms. The lowest BCUT2D eigenvalue weighted by Crippen LogP contribution is -2.58. The maximum atomic E-state index is 13.9. The van der Waals surface area contributed by atoms with Gasteiger partial charge < -0.3 is 0 Å². The largest absolute Gasteiger partial charge is 0.297 e. The number of hydrogen-bond acceptors (Lipinski definition) is 3. The summed E-state index contributed by atoms with van der Waals surface area (Å²) in [6, 6.07) is 23.3. The van der Waals surface area contributed by atoms with E-state index in [1.165, 1.54) is 23.3 Å². The number of rotatable bonds is 4. The molecular formula is C27H27FN2O. The number of ketones is 1. The molecule has 2 aliphatic rings. The van der Waals surface area contributed by atoms with Crippen LogP contribution in [0.4, 0.5) is 4.39 Å². The smallest absolute Gasteiger partial charge is 0.188 e. The number of benzene rings is 3. The molecule has 0 N–H and O–H groups in total. The van der Waals surface area contributed by atoms with Crippen LogP contribution in [0.2, 0.25) is 0 Å². The summed E-state index contributed by atoms with van der Waals surface area (Å²) in [6.07, 6.45) is 0.529. The molecule has 0 aromatic heterocycles. The van der Waals surface area contributed by atoms with Gasteiger partial charge in [0.2, 0.25) is 0 Å². The van der Waals surface area contributed by atoms with Gasteiger partial charge >= 0.3 is 0 Å². The van der Waals surface area contributed by atoms with E-state index in [4.69, 9.17) is 0 Å². The Labute approximate surface area is 183 Å². The molecule has 158 valence electrons. The van der Waals surface area contributed by atoms with Crippen LogP contribution in [0.25, 0.3) is 0 Å². The fourth-order valence-corrected chi connectivity index (χ4v) is 5.25. The van der Waals surface area contributed by atoms with E-state index in [0.29, 0.717) is 12.0 Å². The van der Waals surface area contributed by atoms with Crippen LogP contribution in [-0.4, -0.2) is 41.8 Å². The van der Waals surface area contributed by atoms with Gasteiger partial charge in [-0.05, 0) is 41.8 Å². The fraction of sp³-hybridized carbons (Fsp3) is 0.296. The summed E-state index contributed by atoms with van der Waals surface area (Å²) >= 11 is 0. The van der Waals surface area contributed by atoms with Crippen molar-refractivity contribution in [1.82, 2.24) is 9.80 Å². The molecule has 0 saturated carbocycles. The molecule has 3 aromatic rings. The molecule has 1 aliphatic heterocycles. The van der Waals surface area contributed by atoms with Crippen LogP contribution < -0.4 is 0 Å². The zero-order valence-electron chi connectivity index (χ0n) is 17.9. The van der Waals surface area contributed by atoms with Gasteiger partial charge in [0, 0.05) is 44.7 Å². The number of carbonyl (C=O) groups is 1. The maximum Gasteiger partial charge on any atom is 0.188 e. The summed E-state index contributed by atoms with van der Waals surface area (Å²) in [6.45, 7) is 6.47. The summed E-state index contributed by atoms with van der Waals surface area (Å²) in [5, 5.41) is 0. The van der Waals surface area contributed by atoms with Crippen LogP contribution in [0.1, 0.15) is 32.6 Å². The number of carbonyl (C=O) groups excluding carboxylic acids is 1. The second-order valence-corrected chi connectivity index (χ2v) is 8.79. The van der Waals surface area contributed by atoms with E-state index >= 15 is 0 Å². The standard InChI is InChI=1S/C27H27FN2O/c1-20-6-5-7-21(16-20)19-29-12-14-30(15-13-29)27(23-8-3-2-4-9-23)18-22-17-24(28)10-11-25(22)26(27)31/h2-11,16-17H,12-15,18-19H2,1H3. The number of nitrogens with zero attached hydrogens (tertiary/aromatic N) is 2. The van der Waals surface area contributed by atoms with Gasteiger partial charge in [0.05, 0.1) is 0 Å². The highest BCUT2D eigenvalue weighted by Crippen LogP contribution is 2.43. The van der Waals surface area contributed by atoms with Crippen molar-refractivity contribution in [2.45, 2.75) is 25.4 Å². The van der Waals surface area contributed by atoms with Crippen LogP contribution in [0.15, 0.2) is 72.8 Å². The van der Waals surface area contributed by atoms with Gasteiger partial charge in [-0.3, -0.25) is 14.6 Å². The van der Waals surface area contributed by atoms with Crippen molar-refractivity contribution in [2.75, 3.05) is 26.2 Å². The first-order valence-corrected chi connectivity index (χ1v) is 11.0. The number of halogens is 1. The van der Waals surface area contributed by atoms with Gasteiger partial charge in [0.15, 0.2) is 5.78 Å². The van der Waals surface area contributed by atoms with Crippen molar-refractivity contribution in [3.63, 3.8) is 0 Å². The molecule has 1 aliphatic carbocycles. The Hall–Kier alpha value is -2.82. The highest BCUT2D eigenvalue weighted by molar-refractivity contribution is 6.08. The van der Waals surface area contributed by atoms with E-state index in [-0.39, 0.29) is 11.6 Å². The van der Waals surface area contributed by atoms with Gasteiger partial charge in [-0.25, -0.2) is 4.39 Å². The van der Waals surface area contributed by atoms with Gasteiger partial charge in [-0.1, -0.05) is 60.2 Å². The van der Waals surface area contributed by atoms with Crippen molar-refractivity contribution >= 4 is 5.78 Å². The molecule has 4 heteroatoms. The zero-order chi connectivity index (χ0) is 21.4. The molecule has 1 unspecified atom stereocenters. The fourth-order valence-electron chi connectivity index (χ4n) is 5.25. The highest BCUT2D eigenvalue weighted by atomic mass is 19.1. The quantitative estimate of drug-likeness (QED) is 0.624. The van der Waals surface area contributed by atoms with Crippen molar-refractivity contribution in [3.05, 3.63) is 106 Å². The molecule has 5 rings (SSSR count). The molecular weight excluding hydrogens is 387 g/mol. The molecule has 3 nitrogen and oxygen atoms in total. The second-order valence-electron chi connectivity index (χ2n) is 8.79. The molecule has 0 radical (unpaired) electrons. The predicted octanol–water partition coefficient (Wildman–Crippen LogP) is 4.59. The van der Waals surface area contributed by atoms with Gasteiger partial charge in [0.25, 0.3) is 0 Å². The minimum Gasteiger partial charge on any atom is -0.297 e. The van der Waals surface area contributed by atoms with Crippen LogP contribution in [0.3, 0.4) is 0 Å². The average molecular weight is 415 g/mol. The Morgan fingerprint density at radius 3 is 2.42 bits per heavy atom. The van der Waals surface area contributed by atoms with E-state index in [1.54, 1.807) is 6.07 Å². The maximum absolute atomic E-state index is 13.9. The number of hydrogen-bond donors (Lipinski definition) is 0. The van der Waals surface area contributed by atoms with Crippen molar-refractivity contribution in [2.24, 2.45) is 0 Å². The lowest BCUT2D eigenvalue weighted by Gasteiger charge is -2.45. The first kappa shape index (κ1) is 20.1. The number of piperazine rings is 1. The summed E-state index contributed by atoms with van der Waals surface area (Å²) < 4.78 is 13.9. The lowest BCUT2D eigenvalue weighted by atomic mass is 9.83. The Kier molecular flexibility index (Phi) is 5.20. The lowest BCUT2D eigenvalue weighted by molar-refractivity contribution is 0.0288. The summed E-state index contributed by atoms with van der Waals surface area (Å²) in [4.78, 5) is 18.5. The van der Waals surface area contributed by atoms with Gasteiger partial charge in [-0.15, -0.1) is 0 Å². The van der Waals surface area contributed by atoms with E-state index in [2.05, 4.69) is 41.0 Å². The number of Topliss-reactive ketones (excluding diaryl/α,β-unsaturated/α-hetero) is 1. The number of fused-ring (bicyclic) bond motifs is 1. The Morgan fingerprint density at radius 1 is 0.903 bits per heavy atom. The highest BCUT2D eigenvalue weighted by Gasteiger charge is 2.51. The van der Waals surface area contributed by atoms with Gasteiger partial charge in [-0.2, -0.15) is 0 Å². The third-order valence-electron chi connectivity index (χ3n) is 6.79. The number of aryl methyl sites for hydroxylation is 1. The average Bonchev–Trinajstić information content (AvgIpc) is 3.07. The summed E-state index contributed by atoms with van der Waals surface area (Å²) in [5.41, 5.74) is 4.34. The van der Waals surface area contributed by atoms with Crippen LogP contribution >= 0.6 is 0 Å². The van der Waals surface area contributed by atoms with Crippen LogP contribution in [0, 0.1) is 12.7 Å². The topological polar surface area (TPSA) is 23.6 Å². The van der Waals surface area contributed by atoms with Crippen molar-refractivity contribution in [3.8, 4) is 0 Å². The first-order valence-electron chi connectivity index (χ1n) is 11.0. The third kappa shape index (κ3) is 3.60. The summed E-state index contributed by atoms with van der Waals surface area (Å²) in [5.74, 6) is -0.181. The Bertz CT molecular complexity index is 1110. The minimum absolute atomic E-state index is 0.0980. The molecule has 1 atom stereocenters. The molecule has 0 amide bonds. The Morgan fingerprint density at radius 2 is 1.68 bits per heavy atom. The molecule has 1 saturated heterocycles. The third-order valence-corrected chi connectivity index (χ3v) is 6.79. The second kappa shape index (κ2) is 8.03. The van der Waals surface area contributed by atoms with Crippen LogP contribution in [0.5, 0.6) is 0 Å². The molecule has 31 heavy (non-hydrogen) atoms. The van der Waals surface area contributed by atoms with Crippen molar-refractivity contribution < 1.29 is 9.18 Å². The molecule has 3 aromatic carbocycles. The zero-order valence-corrected chi connectivity index (χ0v) is 17.9. The summed E-state index contributed by atoms with van der Waals surface area (Å²) in [7, 11) is 0. The predicted molar refractivity (Wildman–Crippen MR) is 121 cm³/mol. The molecule has 1 fully saturated rings. The Balaban J connectivity index is 1.41. The van der Waals surface area contributed by atoms with Gasteiger partial charge in [0.1, 0.15) is 11.4 Å². The molecule has 1 heterocycles. The van der Waals surface area contributed by atoms with E-state index in [1.807, 2.05) is 30.3 Å².